The van der Waals surface area contributed by atoms with E-state index in [2.05, 4.69) is 5.32 Å². The maximum atomic E-state index is 14.5. The normalized spacial score (nSPS) is 24.1. The summed E-state index contributed by atoms with van der Waals surface area (Å²) in [5, 5.41) is 24.7. The lowest BCUT2D eigenvalue weighted by molar-refractivity contribution is -0.169. The zero-order chi connectivity index (χ0) is 31.0. The molecule has 2 bridgehead atoms. The van der Waals surface area contributed by atoms with Crippen LogP contribution in [0, 0.1) is 11.8 Å². The van der Waals surface area contributed by atoms with Gasteiger partial charge in [-0.2, -0.15) is 5.01 Å². The van der Waals surface area contributed by atoms with Gasteiger partial charge in [0.25, 0.3) is 0 Å². The average molecular weight is 602 g/mol. The summed E-state index contributed by atoms with van der Waals surface area (Å²) in [6.45, 7) is 6.93. The van der Waals surface area contributed by atoms with E-state index in [1.165, 1.54) is 18.9 Å². The smallest absolute Gasteiger partial charge is 0.412 e. The number of allylic oxidation sites excluding steroid dienone is 4. The van der Waals surface area contributed by atoms with Gasteiger partial charge < -0.3 is 19.7 Å². The second-order valence-corrected chi connectivity index (χ2v) is 14.1. The molecule has 2 amide bonds. The Morgan fingerprint density at radius 2 is 1.81 bits per heavy atom. The molecule has 226 valence electrons. The lowest BCUT2D eigenvalue weighted by Gasteiger charge is -2.46. The number of nitrogens with one attached hydrogen (secondary N) is 1. The Labute approximate surface area is 244 Å². The monoisotopic (exact) mass is 601 g/mol. The predicted octanol–water partition coefficient (Wildman–Crippen LogP) is 3.70. The number of carboxylic acids is 1. The Balaban J connectivity index is 1.57. The Kier molecular flexibility index (Phi) is 8.82. The SMILES string of the molecule is CC(OC(=O)NC(C)(O)P1(=O)CCC(=O)N1N(CC1c2ccc(-c3ccccc3)c1c2)C(C)C(=O)O)OC(=O)C(C)C. The lowest BCUT2D eigenvalue weighted by Crippen LogP contribution is -2.57. The molecule has 5 unspecified atom stereocenters. The number of hydrogen-bond acceptors (Lipinski definition) is 9. The maximum Gasteiger partial charge on any atom is 0.412 e. The minimum Gasteiger partial charge on any atom is -0.480 e. The fourth-order valence-electron chi connectivity index (χ4n) is 5.11. The van der Waals surface area contributed by atoms with Crippen LogP contribution >= 0.6 is 7.29 Å². The zero-order valence-corrected chi connectivity index (χ0v) is 25.0. The van der Waals surface area contributed by atoms with Crippen LogP contribution in [-0.2, 0) is 28.4 Å². The number of rotatable bonds is 11. The molecule has 12 nitrogen and oxygen atoms in total. The number of aliphatic carboxylic acids is 1. The molecule has 2 aliphatic carbocycles. The molecule has 1 saturated heterocycles. The lowest BCUT2D eigenvalue weighted by atomic mass is 9.70. The number of nitrogens with zero attached hydrogens (tertiary/aromatic N) is 2. The van der Waals surface area contributed by atoms with Crippen molar-refractivity contribution in [2.75, 3.05) is 12.7 Å². The summed E-state index contributed by atoms with van der Waals surface area (Å²) >= 11 is 0. The van der Waals surface area contributed by atoms with Crippen molar-refractivity contribution in [1.82, 2.24) is 15.1 Å². The Bertz CT molecular complexity index is 1410. The number of hydrazine groups is 1. The van der Waals surface area contributed by atoms with Crippen molar-refractivity contribution in [3.8, 4) is 0 Å². The molecular formula is C29H36N3O9P. The molecule has 13 heteroatoms. The van der Waals surface area contributed by atoms with Crippen molar-refractivity contribution in [3.05, 3.63) is 65.3 Å². The number of aliphatic hydroxyl groups is 1. The highest BCUT2D eigenvalue weighted by atomic mass is 31.2. The molecule has 5 atom stereocenters. The highest BCUT2D eigenvalue weighted by molar-refractivity contribution is 7.64. The van der Waals surface area contributed by atoms with E-state index in [-0.39, 0.29) is 25.0 Å². The Morgan fingerprint density at radius 1 is 1.14 bits per heavy atom. The van der Waals surface area contributed by atoms with Crippen LogP contribution in [-0.4, -0.2) is 74.4 Å². The van der Waals surface area contributed by atoms with E-state index in [1.54, 1.807) is 13.8 Å². The summed E-state index contributed by atoms with van der Waals surface area (Å²) < 4.78 is 25.3. The quantitative estimate of drug-likeness (QED) is 0.194. The number of carbonyl (C=O) groups is 4. The van der Waals surface area contributed by atoms with Crippen LogP contribution in [0.4, 0.5) is 4.79 Å². The largest absolute Gasteiger partial charge is 0.480 e. The number of carbonyl (C=O) groups excluding carboxylic acids is 3. The maximum absolute atomic E-state index is 14.5. The van der Waals surface area contributed by atoms with Crippen molar-refractivity contribution in [1.29, 1.82) is 0 Å². The molecule has 1 heterocycles. The first-order valence-corrected chi connectivity index (χ1v) is 15.5. The number of ether oxygens (including phenoxy) is 2. The first kappa shape index (κ1) is 31.2. The van der Waals surface area contributed by atoms with Gasteiger partial charge in [0.2, 0.25) is 25.0 Å². The molecule has 42 heavy (non-hydrogen) atoms. The molecule has 3 aliphatic rings. The summed E-state index contributed by atoms with van der Waals surface area (Å²) in [6, 6.07) is 8.35. The van der Waals surface area contributed by atoms with Crippen LogP contribution in [0.25, 0.3) is 5.57 Å². The van der Waals surface area contributed by atoms with Gasteiger partial charge in [0.05, 0.1) is 5.92 Å². The van der Waals surface area contributed by atoms with Gasteiger partial charge in [0, 0.05) is 32.0 Å². The Hall–Kier alpha value is -3.73. The van der Waals surface area contributed by atoms with Crippen LogP contribution in [0.1, 0.15) is 46.6 Å². The average Bonchev–Trinajstić information content (AvgIpc) is 3.24. The van der Waals surface area contributed by atoms with Gasteiger partial charge in [-0.15, -0.1) is 0 Å². The number of amides is 2. The summed E-state index contributed by atoms with van der Waals surface area (Å²) in [4.78, 5) is 49.9. The number of alkyl carbamates (subject to hydrolysis) is 1. The van der Waals surface area contributed by atoms with Gasteiger partial charge in [-0.05, 0) is 36.1 Å². The number of esters is 1. The van der Waals surface area contributed by atoms with Crippen molar-refractivity contribution in [2.45, 2.75) is 58.8 Å². The van der Waals surface area contributed by atoms with Crippen LogP contribution < -0.4 is 5.32 Å². The highest BCUT2D eigenvalue weighted by Crippen LogP contribution is 2.64. The third-order valence-corrected chi connectivity index (χ3v) is 10.9. The van der Waals surface area contributed by atoms with E-state index in [9.17, 15) is 34.0 Å². The summed E-state index contributed by atoms with van der Waals surface area (Å²) in [7, 11) is -4.25. The van der Waals surface area contributed by atoms with Gasteiger partial charge in [0.1, 0.15) is 6.04 Å². The van der Waals surface area contributed by atoms with Crippen LogP contribution in [0.3, 0.4) is 0 Å². The van der Waals surface area contributed by atoms with Crippen molar-refractivity contribution in [2.24, 2.45) is 11.8 Å². The Morgan fingerprint density at radius 3 is 2.40 bits per heavy atom. The number of carboxylic acid groups (broad SMARTS) is 1. The number of hydrogen-bond donors (Lipinski definition) is 3. The number of fused-ring (bicyclic) bond motifs is 2. The molecule has 0 spiro atoms. The van der Waals surface area contributed by atoms with Gasteiger partial charge in [0.15, 0.2) is 0 Å². The van der Waals surface area contributed by atoms with E-state index in [1.807, 2.05) is 48.6 Å². The molecule has 0 aromatic heterocycles. The summed E-state index contributed by atoms with van der Waals surface area (Å²) in [5.74, 6) is -3.28. The second-order valence-electron chi connectivity index (χ2n) is 11.0. The van der Waals surface area contributed by atoms with Gasteiger partial charge in [-0.25, -0.2) is 9.57 Å². The summed E-state index contributed by atoms with van der Waals surface area (Å²) in [6.07, 6.45) is 2.79. The molecule has 1 fully saturated rings. The fourth-order valence-corrected chi connectivity index (χ4v) is 7.92. The van der Waals surface area contributed by atoms with Crippen LogP contribution in [0.2, 0.25) is 0 Å². The molecule has 0 radical (unpaired) electrons. The van der Waals surface area contributed by atoms with Gasteiger partial charge >= 0.3 is 18.0 Å². The molecule has 4 rings (SSSR count). The van der Waals surface area contributed by atoms with Gasteiger partial charge in [-0.1, -0.05) is 62.4 Å². The molecule has 1 aliphatic heterocycles. The van der Waals surface area contributed by atoms with E-state index < -0.39 is 54.9 Å². The third kappa shape index (κ3) is 5.92. The molecule has 3 N–H and O–H groups in total. The molecule has 1 aromatic rings. The molecule has 0 saturated carbocycles. The standard InChI is InChI=1S/C29H36N3O9P/c1-17(2)27(36)40-19(4)41-28(37)30-29(5,38)42(39)14-13-25(33)32(42)31(18(3)26(34)35)16-24-21-11-12-22(23(24)15-21)20-9-7-6-8-10-20/h6-12,15,17-19,24,38H,13-14,16H2,1-5H3,(H,30,37)(H,34,35). The zero-order valence-electron chi connectivity index (χ0n) is 24.1. The van der Waals surface area contributed by atoms with E-state index in [4.69, 9.17) is 9.47 Å². The van der Waals surface area contributed by atoms with Crippen molar-refractivity contribution < 1.29 is 43.4 Å². The van der Waals surface area contributed by atoms with Crippen LogP contribution in [0.5, 0.6) is 0 Å². The first-order chi connectivity index (χ1) is 19.7. The second kappa shape index (κ2) is 11.9. The predicted molar refractivity (Wildman–Crippen MR) is 152 cm³/mol. The summed E-state index contributed by atoms with van der Waals surface area (Å²) in [5.41, 5.74) is 1.30. The van der Waals surface area contributed by atoms with Crippen molar-refractivity contribution >= 4 is 36.8 Å². The minimum atomic E-state index is -4.25. The topological polar surface area (TPSA) is 163 Å². The first-order valence-electron chi connectivity index (χ1n) is 13.7. The highest BCUT2D eigenvalue weighted by Gasteiger charge is 2.58. The minimum absolute atomic E-state index is 0.00620. The van der Waals surface area contributed by atoms with E-state index in [0.717, 1.165) is 34.0 Å². The third-order valence-electron chi connectivity index (χ3n) is 7.56. The van der Waals surface area contributed by atoms with E-state index in [0.29, 0.717) is 0 Å². The molecular weight excluding hydrogens is 565 g/mol. The van der Waals surface area contributed by atoms with Crippen LogP contribution in [0.15, 0.2) is 59.7 Å². The fraction of sp³-hybridized carbons (Fsp3) is 0.448. The van der Waals surface area contributed by atoms with E-state index >= 15 is 0 Å². The van der Waals surface area contributed by atoms with Crippen molar-refractivity contribution in [3.63, 3.8) is 0 Å². The van der Waals surface area contributed by atoms with Gasteiger partial charge in [-0.3, -0.25) is 24.3 Å². The number of benzene rings is 1. The molecule has 1 aromatic carbocycles.